The Hall–Kier alpha value is -2.44. The van der Waals surface area contributed by atoms with Gasteiger partial charge in [-0.15, -0.1) is 0 Å². The highest BCUT2D eigenvalue weighted by Crippen LogP contribution is 2.33. The fourth-order valence-electron chi connectivity index (χ4n) is 3.42. The first-order chi connectivity index (χ1) is 12.1. The third-order valence-electron chi connectivity index (χ3n) is 4.67. The average molecular weight is 353 g/mol. The van der Waals surface area contributed by atoms with Crippen LogP contribution in [0.15, 0.2) is 65.7 Å². The number of nitrogens with zero attached hydrogens (tertiary/aromatic N) is 2. The number of aromatic nitrogens is 2. The summed E-state index contributed by atoms with van der Waals surface area (Å²) in [5.74, 6) is 0.111. The third-order valence-corrected chi connectivity index (χ3v) is 6.48. The Morgan fingerprint density at radius 2 is 1.88 bits per heavy atom. The minimum atomic E-state index is -3.20. The Morgan fingerprint density at radius 3 is 2.68 bits per heavy atom. The van der Waals surface area contributed by atoms with Crippen molar-refractivity contribution in [2.75, 3.05) is 5.75 Å². The van der Waals surface area contributed by atoms with E-state index in [9.17, 15) is 8.42 Å². The van der Waals surface area contributed by atoms with Crippen molar-refractivity contribution in [1.29, 1.82) is 0 Å². The number of hydrogen-bond acceptors (Lipinski definition) is 4. The number of aryl methyl sites for hydroxylation is 1. The molecule has 4 rings (SSSR count). The van der Waals surface area contributed by atoms with E-state index in [2.05, 4.69) is 22.5 Å². The van der Waals surface area contributed by atoms with E-state index < -0.39 is 9.84 Å². The molecule has 0 saturated heterocycles. The number of rotatable bonds is 4. The summed E-state index contributed by atoms with van der Waals surface area (Å²) in [6.07, 6.45) is 1.78. The van der Waals surface area contributed by atoms with E-state index >= 15 is 0 Å². The number of benzene rings is 2. The van der Waals surface area contributed by atoms with E-state index in [4.69, 9.17) is 0 Å². The van der Waals surface area contributed by atoms with Gasteiger partial charge in [0.05, 0.1) is 16.3 Å². The van der Waals surface area contributed by atoms with Crippen LogP contribution in [-0.2, 0) is 23.4 Å². The summed E-state index contributed by atoms with van der Waals surface area (Å²) in [6.45, 7) is 0.593. The highest BCUT2D eigenvalue weighted by atomic mass is 32.2. The molecule has 0 aliphatic carbocycles. The monoisotopic (exact) mass is 353 g/mol. The molecule has 2 heterocycles. The normalized spacial score (nSPS) is 18.2. The van der Waals surface area contributed by atoms with Crippen molar-refractivity contribution in [3.8, 4) is 11.3 Å². The SMILES string of the molecule is Cn1nccc1-c1ccccc1CNC1CS(=O)(=O)c2ccccc21. The molecule has 0 fully saturated rings. The first-order valence-corrected chi connectivity index (χ1v) is 9.83. The van der Waals surface area contributed by atoms with Crippen LogP contribution in [0.25, 0.3) is 11.3 Å². The number of nitrogens with one attached hydrogen (secondary N) is 1. The Balaban J connectivity index is 1.61. The van der Waals surface area contributed by atoms with Crippen LogP contribution in [0, 0.1) is 0 Å². The fourth-order valence-corrected chi connectivity index (χ4v) is 5.19. The quantitative estimate of drug-likeness (QED) is 0.783. The summed E-state index contributed by atoms with van der Waals surface area (Å²) in [5, 5.41) is 7.66. The van der Waals surface area contributed by atoms with E-state index in [-0.39, 0.29) is 11.8 Å². The number of sulfone groups is 1. The molecule has 6 heteroatoms. The Kier molecular flexibility index (Phi) is 3.94. The number of fused-ring (bicyclic) bond motifs is 1. The molecule has 25 heavy (non-hydrogen) atoms. The van der Waals surface area contributed by atoms with Gasteiger partial charge in [-0.05, 0) is 23.3 Å². The molecule has 1 N–H and O–H groups in total. The molecule has 1 aromatic heterocycles. The fraction of sp³-hybridized carbons (Fsp3) is 0.211. The zero-order chi connectivity index (χ0) is 17.4. The molecule has 128 valence electrons. The summed E-state index contributed by atoms with van der Waals surface area (Å²) in [6, 6.07) is 17.2. The van der Waals surface area contributed by atoms with Gasteiger partial charge in [-0.3, -0.25) is 4.68 Å². The molecular weight excluding hydrogens is 334 g/mol. The maximum Gasteiger partial charge on any atom is 0.180 e. The minimum absolute atomic E-state index is 0.111. The summed E-state index contributed by atoms with van der Waals surface area (Å²) in [7, 11) is -1.28. The second kappa shape index (κ2) is 6.13. The van der Waals surface area contributed by atoms with Crippen molar-refractivity contribution in [1.82, 2.24) is 15.1 Å². The van der Waals surface area contributed by atoms with E-state index in [1.807, 2.05) is 42.1 Å². The molecule has 1 aliphatic heterocycles. The molecule has 1 atom stereocenters. The molecule has 3 aromatic rings. The molecular formula is C19H19N3O2S. The Labute approximate surface area is 147 Å². The lowest BCUT2D eigenvalue weighted by Crippen LogP contribution is -2.22. The van der Waals surface area contributed by atoms with E-state index in [1.165, 1.54) is 0 Å². The molecule has 0 spiro atoms. The van der Waals surface area contributed by atoms with E-state index in [0.717, 1.165) is 22.4 Å². The molecule has 0 saturated carbocycles. The van der Waals surface area contributed by atoms with Crippen molar-refractivity contribution in [3.05, 3.63) is 71.9 Å². The first-order valence-electron chi connectivity index (χ1n) is 8.17. The second-order valence-electron chi connectivity index (χ2n) is 6.25. The predicted molar refractivity (Wildman–Crippen MR) is 96.7 cm³/mol. The van der Waals surface area contributed by atoms with Crippen LogP contribution in [0.2, 0.25) is 0 Å². The molecule has 2 aromatic carbocycles. The predicted octanol–water partition coefficient (Wildman–Crippen LogP) is 2.71. The molecule has 0 bridgehead atoms. The highest BCUT2D eigenvalue weighted by Gasteiger charge is 2.33. The smallest absolute Gasteiger partial charge is 0.180 e. The van der Waals surface area contributed by atoms with Gasteiger partial charge in [0.15, 0.2) is 9.84 Å². The van der Waals surface area contributed by atoms with Crippen molar-refractivity contribution < 1.29 is 8.42 Å². The lowest BCUT2D eigenvalue weighted by molar-refractivity contribution is 0.566. The number of hydrogen-bond donors (Lipinski definition) is 1. The lowest BCUT2D eigenvalue weighted by Gasteiger charge is -2.15. The van der Waals surface area contributed by atoms with Crippen LogP contribution in [0.1, 0.15) is 17.2 Å². The average Bonchev–Trinajstić information content (AvgIpc) is 3.15. The van der Waals surface area contributed by atoms with Crippen molar-refractivity contribution >= 4 is 9.84 Å². The van der Waals surface area contributed by atoms with Gasteiger partial charge in [-0.25, -0.2) is 8.42 Å². The topological polar surface area (TPSA) is 64.0 Å². The maximum absolute atomic E-state index is 12.3. The minimum Gasteiger partial charge on any atom is -0.305 e. The summed E-state index contributed by atoms with van der Waals surface area (Å²) >= 11 is 0. The van der Waals surface area contributed by atoms with Crippen LogP contribution >= 0.6 is 0 Å². The molecule has 1 unspecified atom stereocenters. The van der Waals surface area contributed by atoms with Crippen molar-refractivity contribution in [2.24, 2.45) is 7.05 Å². The molecule has 5 nitrogen and oxygen atoms in total. The third kappa shape index (κ3) is 2.88. The van der Waals surface area contributed by atoms with Gasteiger partial charge < -0.3 is 5.32 Å². The summed E-state index contributed by atoms with van der Waals surface area (Å²) < 4.78 is 26.5. The van der Waals surface area contributed by atoms with Crippen LogP contribution in [0.5, 0.6) is 0 Å². The van der Waals surface area contributed by atoms with Gasteiger partial charge in [-0.1, -0.05) is 42.5 Å². The largest absolute Gasteiger partial charge is 0.305 e. The summed E-state index contributed by atoms with van der Waals surface area (Å²) in [5.41, 5.74) is 4.12. The highest BCUT2D eigenvalue weighted by molar-refractivity contribution is 7.91. The first kappa shape index (κ1) is 16.1. The zero-order valence-electron chi connectivity index (χ0n) is 13.9. The van der Waals surface area contributed by atoms with E-state index in [0.29, 0.717) is 11.4 Å². The van der Waals surface area contributed by atoms with Crippen LogP contribution < -0.4 is 5.32 Å². The summed E-state index contributed by atoms with van der Waals surface area (Å²) in [4.78, 5) is 0.451. The maximum atomic E-state index is 12.3. The van der Waals surface area contributed by atoms with Gasteiger partial charge >= 0.3 is 0 Å². The standard InChI is InChI=1S/C19H19N3O2S/c1-22-18(10-11-21-22)15-7-3-2-6-14(15)12-20-17-13-25(23,24)19-9-5-4-8-16(17)19/h2-11,17,20H,12-13H2,1H3. The Morgan fingerprint density at radius 1 is 1.12 bits per heavy atom. The molecule has 0 radical (unpaired) electrons. The van der Waals surface area contributed by atoms with Gasteiger partial charge in [0.25, 0.3) is 0 Å². The van der Waals surface area contributed by atoms with Gasteiger partial charge in [0.1, 0.15) is 0 Å². The zero-order valence-corrected chi connectivity index (χ0v) is 14.7. The van der Waals surface area contributed by atoms with Crippen molar-refractivity contribution in [2.45, 2.75) is 17.5 Å². The van der Waals surface area contributed by atoms with Crippen molar-refractivity contribution in [3.63, 3.8) is 0 Å². The van der Waals surface area contributed by atoms with Crippen LogP contribution in [0.4, 0.5) is 0 Å². The van der Waals surface area contributed by atoms with E-state index in [1.54, 1.807) is 18.3 Å². The van der Waals surface area contributed by atoms with Gasteiger partial charge in [-0.2, -0.15) is 5.10 Å². The molecule has 1 aliphatic rings. The van der Waals surface area contributed by atoms with Gasteiger partial charge in [0, 0.05) is 31.4 Å². The van der Waals surface area contributed by atoms with Crippen LogP contribution in [-0.4, -0.2) is 24.0 Å². The van der Waals surface area contributed by atoms with Crippen LogP contribution in [0.3, 0.4) is 0 Å². The lowest BCUT2D eigenvalue weighted by atomic mass is 10.0. The molecule has 0 amide bonds. The van der Waals surface area contributed by atoms with Gasteiger partial charge in [0.2, 0.25) is 0 Å². The second-order valence-corrected chi connectivity index (χ2v) is 8.25. The Bertz CT molecular complexity index is 1020.